The number of H-pyrrole nitrogens is 1. The van der Waals surface area contributed by atoms with Crippen LogP contribution in [0.25, 0.3) is 10.9 Å². The summed E-state index contributed by atoms with van der Waals surface area (Å²) in [5.74, 6) is 1.27. The number of para-hydroxylation sites is 1. The molecule has 6 nitrogen and oxygen atoms in total. The fourth-order valence-electron chi connectivity index (χ4n) is 3.18. The summed E-state index contributed by atoms with van der Waals surface area (Å²) >= 11 is 0. The average molecular weight is 364 g/mol. The first kappa shape index (κ1) is 17.1. The first-order valence-corrected chi connectivity index (χ1v) is 8.89. The molecule has 0 radical (unpaired) electrons. The molecule has 1 aliphatic heterocycles. The minimum atomic E-state index is -0.186. The van der Waals surface area contributed by atoms with Gasteiger partial charge in [0.25, 0.3) is 5.56 Å². The molecular weight excluding hydrogens is 344 g/mol. The van der Waals surface area contributed by atoms with Crippen molar-refractivity contribution >= 4 is 22.5 Å². The van der Waals surface area contributed by atoms with Crippen LogP contribution in [0.4, 0.5) is 5.69 Å². The van der Waals surface area contributed by atoms with E-state index < -0.39 is 0 Å². The highest BCUT2D eigenvalue weighted by atomic mass is 16.6. The van der Waals surface area contributed by atoms with E-state index in [1.807, 2.05) is 42.5 Å². The summed E-state index contributed by atoms with van der Waals surface area (Å²) in [6, 6.07) is 14.9. The van der Waals surface area contributed by atoms with Crippen LogP contribution in [0.1, 0.15) is 12.0 Å². The number of aromatic nitrogens is 1. The summed E-state index contributed by atoms with van der Waals surface area (Å²) in [6.07, 6.45) is 0.625. The molecule has 1 aliphatic rings. The van der Waals surface area contributed by atoms with E-state index in [1.54, 1.807) is 18.0 Å². The second-order valence-electron chi connectivity index (χ2n) is 6.50. The van der Waals surface area contributed by atoms with Crippen LogP contribution >= 0.6 is 0 Å². The minimum absolute atomic E-state index is 0.0390. The summed E-state index contributed by atoms with van der Waals surface area (Å²) in [6.45, 7) is 1.01. The highest BCUT2D eigenvalue weighted by molar-refractivity contribution is 5.93. The third-order valence-electron chi connectivity index (χ3n) is 4.71. The molecule has 0 atom stereocenters. The lowest BCUT2D eigenvalue weighted by atomic mass is 10.1. The van der Waals surface area contributed by atoms with Crippen LogP contribution in [0.2, 0.25) is 0 Å². The van der Waals surface area contributed by atoms with Crippen molar-refractivity contribution in [2.75, 3.05) is 25.2 Å². The number of carbonyl (C=O) groups excluding carboxylic acids is 1. The standard InChI is InChI=1S/C21H20N2O4/c1-23(16-5-3-2-4-6-16)20(24)8-7-14-11-15-12-18-19(27-10-9-26-18)13-17(15)22-21(14)25/h2-6,11-13H,7-10H2,1H3,(H,22,25). The van der Waals surface area contributed by atoms with Gasteiger partial charge in [0.2, 0.25) is 5.91 Å². The highest BCUT2D eigenvalue weighted by Gasteiger charge is 2.15. The topological polar surface area (TPSA) is 71.6 Å². The summed E-state index contributed by atoms with van der Waals surface area (Å²) in [4.78, 5) is 29.3. The second kappa shape index (κ2) is 7.15. The van der Waals surface area contributed by atoms with Crippen LogP contribution in [-0.2, 0) is 11.2 Å². The van der Waals surface area contributed by atoms with Gasteiger partial charge < -0.3 is 19.4 Å². The lowest BCUT2D eigenvalue weighted by Gasteiger charge is -2.19. The molecule has 1 amide bonds. The van der Waals surface area contributed by atoms with Crippen molar-refractivity contribution in [1.82, 2.24) is 4.98 Å². The van der Waals surface area contributed by atoms with E-state index in [0.29, 0.717) is 42.2 Å². The monoisotopic (exact) mass is 364 g/mol. The number of carbonyl (C=O) groups is 1. The number of benzene rings is 2. The van der Waals surface area contributed by atoms with E-state index in [1.165, 1.54) is 0 Å². The van der Waals surface area contributed by atoms with Crippen LogP contribution in [-0.4, -0.2) is 31.2 Å². The molecule has 0 bridgehead atoms. The first-order chi connectivity index (χ1) is 13.1. The maximum absolute atomic E-state index is 12.5. The number of rotatable bonds is 4. The van der Waals surface area contributed by atoms with Crippen molar-refractivity contribution in [3.8, 4) is 11.5 Å². The number of hydrogen-bond donors (Lipinski definition) is 1. The lowest BCUT2D eigenvalue weighted by Crippen LogP contribution is -2.27. The smallest absolute Gasteiger partial charge is 0.251 e. The molecule has 2 heterocycles. The Hall–Kier alpha value is -3.28. The molecule has 0 aliphatic carbocycles. The van der Waals surface area contributed by atoms with Crippen molar-refractivity contribution in [1.29, 1.82) is 0 Å². The van der Waals surface area contributed by atoms with Gasteiger partial charge in [0.15, 0.2) is 11.5 Å². The van der Waals surface area contributed by atoms with E-state index in [0.717, 1.165) is 11.1 Å². The van der Waals surface area contributed by atoms with Crippen LogP contribution in [0, 0.1) is 0 Å². The summed E-state index contributed by atoms with van der Waals surface area (Å²) < 4.78 is 11.2. The largest absolute Gasteiger partial charge is 0.486 e. The number of nitrogens with zero attached hydrogens (tertiary/aromatic N) is 1. The maximum Gasteiger partial charge on any atom is 0.251 e. The molecule has 0 saturated carbocycles. The number of anilines is 1. The number of aryl methyl sites for hydroxylation is 1. The van der Waals surface area contributed by atoms with Gasteiger partial charge in [-0.05, 0) is 30.7 Å². The molecule has 3 aromatic rings. The number of pyridine rings is 1. The predicted octanol–water partition coefficient (Wildman–Crippen LogP) is 2.89. The van der Waals surface area contributed by atoms with Crippen LogP contribution in [0.15, 0.2) is 53.3 Å². The zero-order valence-electron chi connectivity index (χ0n) is 15.0. The Labute approximate surface area is 156 Å². The van der Waals surface area contributed by atoms with Crippen molar-refractivity contribution < 1.29 is 14.3 Å². The first-order valence-electron chi connectivity index (χ1n) is 8.89. The number of nitrogens with one attached hydrogen (secondary N) is 1. The van der Waals surface area contributed by atoms with Gasteiger partial charge in [-0.2, -0.15) is 0 Å². The highest BCUT2D eigenvalue weighted by Crippen LogP contribution is 2.33. The van der Waals surface area contributed by atoms with Gasteiger partial charge in [-0.3, -0.25) is 9.59 Å². The van der Waals surface area contributed by atoms with Crippen molar-refractivity contribution in [3.63, 3.8) is 0 Å². The Morgan fingerprint density at radius 1 is 1.07 bits per heavy atom. The third-order valence-corrected chi connectivity index (χ3v) is 4.71. The SMILES string of the molecule is CN(C(=O)CCc1cc2cc3c(cc2[nH]c1=O)OCCO3)c1ccccc1. The van der Waals surface area contributed by atoms with Gasteiger partial charge in [0.1, 0.15) is 13.2 Å². The Balaban J connectivity index is 1.54. The molecule has 2 aromatic carbocycles. The van der Waals surface area contributed by atoms with Crippen molar-refractivity contribution in [2.45, 2.75) is 12.8 Å². The average Bonchev–Trinajstić information content (AvgIpc) is 2.70. The van der Waals surface area contributed by atoms with Crippen molar-refractivity contribution in [3.05, 3.63) is 64.4 Å². The van der Waals surface area contributed by atoms with Crippen LogP contribution < -0.4 is 19.9 Å². The Morgan fingerprint density at radius 3 is 2.52 bits per heavy atom. The molecular formula is C21H20N2O4. The summed E-state index contributed by atoms with van der Waals surface area (Å²) in [7, 11) is 1.74. The molecule has 0 fully saturated rings. The van der Waals surface area contributed by atoms with Gasteiger partial charge in [0, 0.05) is 36.2 Å². The molecule has 0 unspecified atom stereocenters. The fraction of sp³-hybridized carbons (Fsp3) is 0.238. The molecule has 0 spiro atoms. The third kappa shape index (κ3) is 3.51. The number of hydrogen-bond acceptors (Lipinski definition) is 4. The second-order valence-corrected chi connectivity index (χ2v) is 6.50. The molecule has 27 heavy (non-hydrogen) atoms. The number of ether oxygens (including phenoxy) is 2. The Bertz CT molecular complexity index is 1040. The number of fused-ring (bicyclic) bond motifs is 2. The number of amides is 1. The normalized spacial score (nSPS) is 12.8. The molecule has 4 rings (SSSR count). The van der Waals surface area contributed by atoms with Crippen LogP contribution in [0.5, 0.6) is 11.5 Å². The van der Waals surface area contributed by atoms with Gasteiger partial charge in [0.05, 0.1) is 5.52 Å². The zero-order valence-corrected chi connectivity index (χ0v) is 15.0. The fourth-order valence-corrected chi connectivity index (χ4v) is 3.18. The van der Waals surface area contributed by atoms with E-state index in [4.69, 9.17) is 9.47 Å². The van der Waals surface area contributed by atoms with Gasteiger partial charge >= 0.3 is 0 Å². The van der Waals surface area contributed by atoms with E-state index >= 15 is 0 Å². The molecule has 6 heteroatoms. The minimum Gasteiger partial charge on any atom is -0.486 e. The Morgan fingerprint density at radius 2 is 1.78 bits per heavy atom. The predicted molar refractivity (Wildman–Crippen MR) is 104 cm³/mol. The summed E-state index contributed by atoms with van der Waals surface area (Å²) in [5, 5.41) is 0.859. The van der Waals surface area contributed by atoms with Crippen LogP contribution in [0.3, 0.4) is 0 Å². The summed E-state index contributed by atoms with van der Waals surface area (Å²) in [5.41, 5.74) is 1.92. The van der Waals surface area contributed by atoms with Gasteiger partial charge in [-0.25, -0.2) is 0 Å². The van der Waals surface area contributed by atoms with E-state index in [2.05, 4.69) is 4.98 Å². The van der Waals surface area contributed by atoms with Gasteiger partial charge in [-0.15, -0.1) is 0 Å². The van der Waals surface area contributed by atoms with E-state index in [-0.39, 0.29) is 17.9 Å². The van der Waals surface area contributed by atoms with Gasteiger partial charge in [-0.1, -0.05) is 18.2 Å². The molecule has 0 saturated heterocycles. The molecule has 138 valence electrons. The molecule has 1 aromatic heterocycles. The number of aromatic amines is 1. The Kier molecular flexibility index (Phi) is 4.54. The zero-order chi connectivity index (χ0) is 18.8. The van der Waals surface area contributed by atoms with E-state index in [9.17, 15) is 9.59 Å². The van der Waals surface area contributed by atoms with Crippen molar-refractivity contribution in [2.24, 2.45) is 0 Å². The quantitative estimate of drug-likeness (QED) is 0.773. The molecule has 1 N–H and O–H groups in total. The lowest BCUT2D eigenvalue weighted by molar-refractivity contribution is -0.118. The maximum atomic E-state index is 12.5.